The molecular weight excluding hydrogens is 602 g/mol. The maximum absolute atomic E-state index is 14.8. The fraction of sp³-hybridized carbons (Fsp3) is 0.410. The molecule has 0 saturated heterocycles. The smallest absolute Gasteiger partial charge is 0.303 e. The number of aromatic amines is 2. The number of carboxylic acids is 1. The van der Waals surface area contributed by atoms with E-state index in [0.29, 0.717) is 28.8 Å². The van der Waals surface area contributed by atoms with Crippen LogP contribution in [0.2, 0.25) is 0 Å². The van der Waals surface area contributed by atoms with Crippen LogP contribution in [0.4, 0.5) is 0 Å². The SMILES string of the molecule is C=CC1=C(C)c2cc3[nH]c(c4c5[nH]c(cc6nc(cc1n2)C(C)=C6CC)c(C)c5C(=O)N(C1CCCCC1)C4=O)[C@@H](CCC(=O)O)[C@@H]3C. The Bertz CT molecular complexity index is 2050. The number of hydrogen-bond donors (Lipinski definition) is 3. The molecule has 0 aromatic carbocycles. The van der Waals surface area contributed by atoms with Crippen molar-refractivity contribution in [3.05, 3.63) is 81.7 Å². The predicted molar refractivity (Wildman–Crippen MR) is 188 cm³/mol. The van der Waals surface area contributed by atoms with Crippen molar-refractivity contribution in [3.8, 4) is 0 Å². The third-order valence-corrected chi connectivity index (χ3v) is 11.1. The molecule has 6 heterocycles. The summed E-state index contributed by atoms with van der Waals surface area (Å²) >= 11 is 0. The number of carbonyl (C=O) groups excluding carboxylic acids is 2. The number of amides is 2. The summed E-state index contributed by atoms with van der Waals surface area (Å²) in [6, 6.07) is 5.85. The van der Waals surface area contributed by atoms with Crippen molar-refractivity contribution >= 4 is 51.1 Å². The van der Waals surface area contributed by atoms with Crippen LogP contribution in [0.3, 0.4) is 0 Å². The van der Waals surface area contributed by atoms with Gasteiger partial charge in [-0.1, -0.05) is 45.8 Å². The number of aryl methyl sites for hydroxylation is 1. The number of fused-ring (bicyclic) bond motifs is 8. The molecule has 4 aliphatic heterocycles. The number of nitrogens with zero attached hydrogens (tertiary/aromatic N) is 3. The second-order valence-corrected chi connectivity index (χ2v) is 13.8. The second-order valence-electron chi connectivity index (χ2n) is 13.8. The molecule has 0 unspecified atom stereocenters. The van der Waals surface area contributed by atoms with Crippen LogP contribution in [0.5, 0.6) is 0 Å². The molecule has 9 heteroatoms. The number of aromatic nitrogens is 4. The summed E-state index contributed by atoms with van der Waals surface area (Å²) in [6.07, 6.45) is 7.47. The van der Waals surface area contributed by atoms with Crippen LogP contribution >= 0.6 is 0 Å². The standard InChI is InChI=1S/C39H43N5O4/c1-7-24-19(3)27-16-29-21(5)26(14-15-33(45)46)36(42-29)35-37-34(38(47)44(39(35)48)23-12-10-9-11-13-23)22(6)30(43-37)18-32-25(8-2)20(4)28(41-32)17-31(24)40-27/h7,16-18,21,23,26,42-43H,1,8-15H2,2-6H3,(H,45,46)/t21-,26-/m0/s1. The van der Waals surface area contributed by atoms with Gasteiger partial charge in [0.2, 0.25) is 0 Å². The third-order valence-electron chi connectivity index (χ3n) is 11.1. The van der Waals surface area contributed by atoms with E-state index in [1.807, 2.05) is 38.1 Å². The molecule has 48 heavy (non-hydrogen) atoms. The van der Waals surface area contributed by atoms with Gasteiger partial charge in [0, 0.05) is 46.8 Å². The molecule has 2 atom stereocenters. The number of carboxylic acid groups (broad SMARTS) is 1. The quantitative estimate of drug-likeness (QED) is 0.270. The van der Waals surface area contributed by atoms with Crippen LogP contribution < -0.4 is 0 Å². The largest absolute Gasteiger partial charge is 0.481 e. The summed E-state index contributed by atoms with van der Waals surface area (Å²) in [7, 11) is 0. The zero-order chi connectivity index (χ0) is 34.0. The van der Waals surface area contributed by atoms with Gasteiger partial charge in [-0.25, -0.2) is 9.97 Å². The Morgan fingerprint density at radius 1 is 0.958 bits per heavy atom. The number of H-pyrrole nitrogens is 2. The number of nitrogens with one attached hydrogen (secondary N) is 2. The molecule has 7 rings (SSSR count). The minimum Gasteiger partial charge on any atom is -0.481 e. The van der Waals surface area contributed by atoms with Crippen LogP contribution in [0.1, 0.15) is 151 Å². The maximum Gasteiger partial charge on any atom is 0.303 e. The lowest BCUT2D eigenvalue weighted by molar-refractivity contribution is -0.137. The van der Waals surface area contributed by atoms with E-state index in [2.05, 4.69) is 37.3 Å². The Hall–Kier alpha value is -4.79. The number of allylic oxidation sites excluding steroid dienone is 5. The Kier molecular flexibility index (Phi) is 7.96. The Morgan fingerprint density at radius 2 is 1.65 bits per heavy atom. The Labute approximate surface area is 280 Å². The van der Waals surface area contributed by atoms with Gasteiger partial charge in [0.25, 0.3) is 11.8 Å². The molecule has 2 aromatic rings. The lowest BCUT2D eigenvalue weighted by atomic mass is 9.84. The monoisotopic (exact) mass is 645 g/mol. The van der Waals surface area contributed by atoms with Gasteiger partial charge in [-0.2, -0.15) is 0 Å². The number of imide groups is 1. The van der Waals surface area contributed by atoms with Gasteiger partial charge in [-0.05, 0) is 86.9 Å². The first-order valence-electron chi connectivity index (χ1n) is 17.2. The minimum absolute atomic E-state index is 0.0485. The van der Waals surface area contributed by atoms with E-state index in [1.165, 1.54) is 4.90 Å². The van der Waals surface area contributed by atoms with Gasteiger partial charge < -0.3 is 15.1 Å². The highest BCUT2D eigenvalue weighted by Crippen LogP contribution is 2.45. The summed E-state index contributed by atoms with van der Waals surface area (Å²) in [5.74, 6) is -1.90. The van der Waals surface area contributed by atoms with Crippen LogP contribution in [0.15, 0.2) is 30.9 Å². The molecule has 1 aliphatic carbocycles. The molecule has 1 fully saturated rings. The first-order chi connectivity index (χ1) is 23.0. The first-order valence-corrected chi connectivity index (χ1v) is 17.2. The molecule has 9 nitrogen and oxygen atoms in total. The highest BCUT2D eigenvalue weighted by molar-refractivity contribution is 6.23. The van der Waals surface area contributed by atoms with Gasteiger partial charge >= 0.3 is 5.97 Å². The molecule has 1 saturated carbocycles. The lowest BCUT2D eigenvalue weighted by Gasteiger charge is -2.35. The van der Waals surface area contributed by atoms with Crippen LogP contribution in [0.25, 0.3) is 33.3 Å². The van der Waals surface area contributed by atoms with Crippen molar-refractivity contribution in [3.63, 3.8) is 0 Å². The van der Waals surface area contributed by atoms with E-state index >= 15 is 0 Å². The summed E-state index contributed by atoms with van der Waals surface area (Å²) in [5, 5.41) is 9.73. The fourth-order valence-corrected chi connectivity index (χ4v) is 8.35. The van der Waals surface area contributed by atoms with Crippen molar-refractivity contribution in [1.82, 2.24) is 24.8 Å². The molecule has 8 bridgehead atoms. The lowest BCUT2D eigenvalue weighted by Crippen LogP contribution is -2.48. The molecule has 2 aromatic heterocycles. The molecular formula is C39H43N5O4. The van der Waals surface area contributed by atoms with E-state index in [-0.39, 0.29) is 36.1 Å². The summed E-state index contributed by atoms with van der Waals surface area (Å²) < 4.78 is 0. The molecule has 0 spiro atoms. The van der Waals surface area contributed by atoms with E-state index < -0.39 is 5.97 Å². The highest BCUT2D eigenvalue weighted by atomic mass is 16.4. The van der Waals surface area contributed by atoms with Crippen molar-refractivity contribution in [2.75, 3.05) is 0 Å². The Morgan fingerprint density at radius 3 is 2.33 bits per heavy atom. The van der Waals surface area contributed by atoms with E-state index in [4.69, 9.17) is 9.97 Å². The van der Waals surface area contributed by atoms with E-state index in [1.54, 1.807) is 0 Å². The number of carbonyl (C=O) groups is 3. The summed E-state index contributed by atoms with van der Waals surface area (Å²) in [4.78, 5) is 59.8. The zero-order valence-electron chi connectivity index (χ0n) is 28.4. The average molecular weight is 646 g/mol. The zero-order valence-corrected chi connectivity index (χ0v) is 28.4. The van der Waals surface area contributed by atoms with Crippen LogP contribution in [-0.4, -0.2) is 53.8 Å². The second kappa shape index (κ2) is 12.0. The number of rotatable bonds is 6. The molecule has 0 radical (unpaired) electrons. The predicted octanol–water partition coefficient (Wildman–Crippen LogP) is 8.48. The molecule has 5 aliphatic rings. The van der Waals surface area contributed by atoms with Crippen LogP contribution in [0, 0.1) is 6.92 Å². The number of aliphatic carboxylic acids is 1. The van der Waals surface area contributed by atoms with Crippen LogP contribution in [-0.2, 0) is 4.79 Å². The number of hydrogen-bond acceptors (Lipinski definition) is 5. The van der Waals surface area contributed by atoms with Gasteiger partial charge in [-0.15, -0.1) is 0 Å². The van der Waals surface area contributed by atoms with Gasteiger partial charge in [0.1, 0.15) is 0 Å². The normalized spacial score (nSPS) is 20.5. The van der Waals surface area contributed by atoms with Gasteiger partial charge in [0.15, 0.2) is 0 Å². The van der Waals surface area contributed by atoms with E-state index in [0.717, 1.165) is 100 Å². The maximum atomic E-state index is 14.8. The van der Waals surface area contributed by atoms with Crippen molar-refractivity contribution in [1.29, 1.82) is 0 Å². The third kappa shape index (κ3) is 4.93. The summed E-state index contributed by atoms with van der Waals surface area (Å²) in [5.41, 5.74) is 11.7. The minimum atomic E-state index is -0.891. The molecule has 248 valence electrons. The van der Waals surface area contributed by atoms with Crippen molar-refractivity contribution in [2.24, 2.45) is 0 Å². The molecule has 3 N–H and O–H groups in total. The van der Waals surface area contributed by atoms with Gasteiger partial charge in [-0.3, -0.25) is 19.3 Å². The van der Waals surface area contributed by atoms with Crippen molar-refractivity contribution in [2.45, 2.75) is 104 Å². The summed E-state index contributed by atoms with van der Waals surface area (Å²) in [6.45, 7) is 14.3. The Balaban J connectivity index is 1.63. The average Bonchev–Trinajstić information content (AvgIpc) is 3.73. The fourth-order valence-electron chi connectivity index (χ4n) is 8.35. The highest BCUT2D eigenvalue weighted by Gasteiger charge is 2.43. The molecule has 2 amide bonds. The first kappa shape index (κ1) is 31.8. The van der Waals surface area contributed by atoms with Gasteiger partial charge in [0.05, 0.1) is 39.4 Å². The van der Waals surface area contributed by atoms with E-state index in [9.17, 15) is 19.5 Å². The topological polar surface area (TPSA) is 132 Å². The van der Waals surface area contributed by atoms with Crippen molar-refractivity contribution < 1.29 is 19.5 Å².